The Hall–Kier alpha value is -1.38. The van der Waals surface area contributed by atoms with E-state index < -0.39 is 9.84 Å². The summed E-state index contributed by atoms with van der Waals surface area (Å²) in [5.41, 5.74) is 0.803. The first-order chi connectivity index (χ1) is 10.3. The molecule has 1 saturated heterocycles. The van der Waals surface area contributed by atoms with Crippen LogP contribution in [0.1, 0.15) is 6.42 Å². The highest BCUT2D eigenvalue weighted by molar-refractivity contribution is 7.91. The number of benzene rings is 1. The molecular formula is C14H21N3O3S2. The molecule has 8 heteroatoms. The molecule has 1 N–H and O–H groups in total. The van der Waals surface area contributed by atoms with Crippen LogP contribution in [0, 0.1) is 0 Å². The van der Waals surface area contributed by atoms with E-state index in [4.69, 9.17) is 17.0 Å². The zero-order valence-corrected chi connectivity index (χ0v) is 14.6. The fraction of sp³-hybridized carbons (Fsp3) is 0.500. The van der Waals surface area contributed by atoms with Gasteiger partial charge in [-0.3, -0.25) is 5.01 Å². The fourth-order valence-electron chi connectivity index (χ4n) is 2.52. The Balaban J connectivity index is 2.13. The first kappa shape index (κ1) is 17.0. The molecule has 0 radical (unpaired) electrons. The van der Waals surface area contributed by atoms with Crippen molar-refractivity contribution >= 4 is 32.9 Å². The SMILES string of the molecule is COc1cccc(NC(=S)N([C@H]2CCS(=O)(=O)C2)N(C)C)c1. The van der Waals surface area contributed by atoms with E-state index in [2.05, 4.69) is 5.32 Å². The van der Waals surface area contributed by atoms with E-state index in [1.165, 1.54) is 0 Å². The van der Waals surface area contributed by atoms with Crippen molar-refractivity contribution in [3.63, 3.8) is 0 Å². The molecule has 0 spiro atoms. The second kappa shape index (κ2) is 6.80. The summed E-state index contributed by atoms with van der Waals surface area (Å²) >= 11 is 5.46. The van der Waals surface area contributed by atoms with E-state index in [9.17, 15) is 8.42 Å². The molecule has 22 heavy (non-hydrogen) atoms. The molecule has 1 aromatic carbocycles. The van der Waals surface area contributed by atoms with Gasteiger partial charge in [-0.15, -0.1) is 0 Å². The highest BCUT2D eigenvalue weighted by Crippen LogP contribution is 2.21. The van der Waals surface area contributed by atoms with Gasteiger partial charge in [0.15, 0.2) is 14.9 Å². The quantitative estimate of drug-likeness (QED) is 0.654. The van der Waals surface area contributed by atoms with Crippen LogP contribution in [-0.4, -0.2) is 62.3 Å². The lowest BCUT2D eigenvalue weighted by molar-refractivity contribution is 0.0757. The lowest BCUT2D eigenvalue weighted by atomic mass is 10.2. The summed E-state index contributed by atoms with van der Waals surface area (Å²) in [7, 11) is 2.34. The third-order valence-electron chi connectivity index (χ3n) is 3.51. The maximum atomic E-state index is 11.7. The van der Waals surface area contributed by atoms with Crippen molar-refractivity contribution < 1.29 is 13.2 Å². The van der Waals surface area contributed by atoms with Gasteiger partial charge in [0.1, 0.15) is 5.75 Å². The molecule has 6 nitrogen and oxygen atoms in total. The number of hydrogen-bond acceptors (Lipinski definition) is 5. The van der Waals surface area contributed by atoms with Crippen LogP contribution in [-0.2, 0) is 9.84 Å². The van der Waals surface area contributed by atoms with Crippen molar-refractivity contribution in [2.45, 2.75) is 12.5 Å². The number of hydrogen-bond donors (Lipinski definition) is 1. The molecule has 1 aliphatic rings. The number of ether oxygens (including phenoxy) is 1. The fourth-order valence-corrected chi connectivity index (χ4v) is 4.65. The lowest BCUT2D eigenvalue weighted by Crippen LogP contribution is -2.51. The average molecular weight is 343 g/mol. The maximum absolute atomic E-state index is 11.7. The van der Waals surface area contributed by atoms with Crippen molar-refractivity contribution in [3.8, 4) is 5.75 Å². The van der Waals surface area contributed by atoms with Gasteiger partial charge in [0, 0.05) is 25.8 Å². The Bertz CT molecular complexity index is 646. The largest absolute Gasteiger partial charge is 0.497 e. The minimum atomic E-state index is -2.97. The molecule has 0 amide bonds. The van der Waals surface area contributed by atoms with Crippen LogP contribution in [0.3, 0.4) is 0 Å². The van der Waals surface area contributed by atoms with Gasteiger partial charge in [0.05, 0.1) is 24.7 Å². The summed E-state index contributed by atoms with van der Waals surface area (Å²) < 4.78 is 28.6. The number of rotatable bonds is 4. The molecular weight excluding hydrogens is 322 g/mol. The van der Waals surface area contributed by atoms with Crippen LogP contribution < -0.4 is 10.1 Å². The van der Waals surface area contributed by atoms with Gasteiger partial charge in [-0.05, 0) is 30.8 Å². The van der Waals surface area contributed by atoms with Crippen LogP contribution in [0.4, 0.5) is 5.69 Å². The van der Waals surface area contributed by atoms with Crippen LogP contribution in [0.25, 0.3) is 0 Å². The Morgan fingerprint density at radius 2 is 2.14 bits per heavy atom. The van der Waals surface area contributed by atoms with Gasteiger partial charge in [-0.1, -0.05) is 6.07 Å². The molecule has 1 heterocycles. The van der Waals surface area contributed by atoms with E-state index >= 15 is 0 Å². The number of anilines is 1. The average Bonchev–Trinajstić information content (AvgIpc) is 2.78. The van der Waals surface area contributed by atoms with Gasteiger partial charge in [0.2, 0.25) is 0 Å². The summed E-state index contributed by atoms with van der Waals surface area (Å²) in [5.74, 6) is 1.07. The smallest absolute Gasteiger partial charge is 0.188 e. The van der Waals surface area contributed by atoms with Crippen LogP contribution in [0.2, 0.25) is 0 Å². The number of nitrogens with zero attached hydrogens (tertiary/aromatic N) is 2. The van der Waals surface area contributed by atoms with E-state index in [1.54, 1.807) is 7.11 Å². The van der Waals surface area contributed by atoms with E-state index in [-0.39, 0.29) is 17.5 Å². The first-order valence-electron chi connectivity index (χ1n) is 6.94. The highest BCUT2D eigenvalue weighted by atomic mass is 32.2. The van der Waals surface area contributed by atoms with Crippen LogP contribution in [0.5, 0.6) is 5.75 Å². The minimum Gasteiger partial charge on any atom is -0.497 e. The second-order valence-corrected chi connectivity index (χ2v) is 8.03. The van der Waals surface area contributed by atoms with Crippen LogP contribution >= 0.6 is 12.2 Å². The number of methoxy groups -OCH3 is 1. The maximum Gasteiger partial charge on any atom is 0.188 e. The summed E-state index contributed by atoms with van der Waals surface area (Å²) in [5, 5.41) is 7.25. The van der Waals surface area contributed by atoms with Crippen molar-refractivity contribution in [3.05, 3.63) is 24.3 Å². The van der Waals surface area contributed by atoms with E-state index in [1.807, 2.05) is 48.4 Å². The first-order valence-corrected chi connectivity index (χ1v) is 9.17. The Labute approximate surface area is 136 Å². The molecule has 0 unspecified atom stereocenters. The zero-order valence-electron chi connectivity index (χ0n) is 12.9. The predicted octanol–water partition coefficient (Wildman–Crippen LogP) is 1.36. The molecule has 122 valence electrons. The Morgan fingerprint density at radius 3 is 2.68 bits per heavy atom. The second-order valence-electron chi connectivity index (χ2n) is 5.41. The highest BCUT2D eigenvalue weighted by Gasteiger charge is 2.34. The molecule has 2 rings (SSSR count). The van der Waals surface area contributed by atoms with Gasteiger partial charge >= 0.3 is 0 Å². The number of hydrazine groups is 1. The summed E-state index contributed by atoms with van der Waals surface area (Å²) in [6, 6.07) is 7.30. The lowest BCUT2D eigenvalue weighted by Gasteiger charge is -2.36. The molecule has 0 bridgehead atoms. The molecule has 1 aliphatic heterocycles. The standard InChI is InChI=1S/C14H21N3O3S2/c1-16(2)17(12-7-8-22(18,19)10-12)14(21)15-11-5-4-6-13(9-11)20-3/h4-6,9,12H,7-8,10H2,1-3H3,(H,15,21)/t12-/m0/s1. The van der Waals surface area contributed by atoms with Gasteiger partial charge in [-0.2, -0.15) is 0 Å². The third kappa shape index (κ3) is 4.08. The number of nitrogens with one attached hydrogen (secondary N) is 1. The van der Waals surface area contributed by atoms with Gasteiger partial charge < -0.3 is 10.1 Å². The number of sulfone groups is 1. The van der Waals surface area contributed by atoms with Crippen molar-refractivity contribution in [2.75, 3.05) is 38.0 Å². The zero-order chi connectivity index (χ0) is 16.3. The van der Waals surface area contributed by atoms with Crippen molar-refractivity contribution in [2.24, 2.45) is 0 Å². The molecule has 1 atom stereocenters. The van der Waals surface area contributed by atoms with E-state index in [0.717, 1.165) is 11.4 Å². The summed E-state index contributed by atoms with van der Waals surface area (Å²) in [6.45, 7) is 0. The van der Waals surface area contributed by atoms with Gasteiger partial charge in [-0.25, -0.2) is 13.4 Å². The molecule has 0 aromatic heterocycles. The number of thiocarbonyl (C=S) groups is 1. The topological polar surface area (TPSA) is 61.9 Å². The van der Waals surface area contributed by atoms with Crippen LogP contribution in [0.15, 0.2) is 24.3 Å². The predicted molar refractivity (Wildman–Crippen MR) is 91.8 cm³/mol. The Morgan fingerprint density at radius 1 is 1.41 bits per heavy atom. The minimum absolute atomic E-state index is 0.130. The molecule has 0 aliphatic carbocycles. The normalized spacial score (nSPS) is 19.9. The van der Waals surface area contributed by atoms with Crippen molar-refractivity contribution in [1.29, 1.82) is 0 Å². The monoisotopic (exact) mass is 343 g/mol. The Kier molecular flexibility index (Phi) is 5.25. The summed E-state index contributed by atoms with van der Waals surface area (Å²) in [6.07, 6.45) is 0.584. The molecule has 0 saturated carbocycles. The van der Waals surface area contributed by atoms with E-state index in [0.29, 0.717) is 11.5 Å². The molecule has 1 aromatic rings. The third-order valence-corrected chi connectivity index (χ3v) is 5.55. The van der Waals surface area contributed by atoms with Crippen molar-refractivity contribution in [1.82, 2.24) is 10.0 Å². The summed E-state index contributed by atoms with van der Waals surface area (Å²) in [4.78, 5) is 0. The van der Waals surface area contributed by atoms with Gasteiger partial charge in [0.25, 0.3) is 0 Å². The molecule has 1 fully saturated rings.